The first-order valence-corrected chi connectivity index (χ1v) is 9.37. The Bertz CT molecular complexity index is 1270. The summed E-state index contributed by atoms with van der Waals surface area (Å²) in [4.78, 5) is 17.7. The molecule has 0 saturated carbocycles. The minimum atomic E-state index is -0.486. The van der Waals surface area contributed by atoms with E-state index in [1.54, 1.807) is 23.0 Å². The molecule has 0 radical (unpaired) electrons. The number of nitrogen functional groups attached to an aromatic ring is 2. The van der Waals surface area contributed by atoms with Gasteiger partial charge in [-0.1, -0.05) is 0 Å². The first kappa shape index (κ1) is 18.5. The largest absolute Gasteiger partial charge is 0.464 e. The van der Waals surface area contributed by atoms with E-state index in [-0.39, 0.29) is 33.9 Å². The summed E-state index contributed by atoms with van der Waals surface area (Å²) in [6.07, 6.45) is 3.05. The molecule has 0 aromatic carbocycles. The molecule has 0 fully saturated rings. The Morgan fingerprint density at radius 1 is 1.41 bits per heavy atom. The second-order valence-corrected chi connectivity index (χ2v) is 7.45. The van der Waals surface area contributed by atoms with Crippen LogP contribution in [0, 0.1) is 11.3 Å². The van der Waals surface area contributed by atoms with Gasteiger partial charge in [0.2, 0.25) is 5.27 Å². The van der Waals surface area contributed by atoms with Crippen LogP contribution >= 0.6 is 11.3 Å². The highest BCUT2D eigenvalue weighted by Crippen LogP contribution is 2.42. The standard InChI is InChI=1S/C18H15N7O3S/c1-8(2)25-7-11(28-24-25)22-17(26)15-14(20)13-12(10-4-3-5-27-10)9(6-19)16(21)23-18(13)29-15/h3-5,7-8H,1-2H3,(H4-,20,21,22,23,24,26)/p+1. The summed E-state index contributed by atoms with van der Waals surface area (Å²) in [5.41, 5.74) is 13.0. The van der Waals surface area contributed by atoms with Gasteiger partial charge in [-0.15, -0.1) is 11.3 Å². The number of aromatic nitrogens is 3. The van der Waals surface area contributed by atoms with Crippen LogP contribution in [-0.2, 0) is 0 Å². The van der Waals surface area contributed by atoms with E-state index in [1.807, 2.05) is 19.9 Å². The minimum Gasteiger partial charge on any atom is -0.464 e. The third kappa shape index (κ3) is 3.05. The third-order valence-corrected chi connectivity index (χ3v) is 5.34. The van der Waals surface area contributed by atoms with Crippen LogP contribution in [0.2, 0.25) is 0 Å². The van der Waals surface area contributed by atoms with Crippen molar-refractivity contribution in [3.63, 3.8) is 0 Å². The normalized spacial score (nSPS) is 11.1. The summed E-state index contributed by atoms with van der Waals surface area (Å²) in [6, 6.07) is 5.48. The lowest BCUT2D eigenvalue weighted by atomic mass is 10.0. The van der Waals surface area contributed by atoms with Gasteiger partial charge < -0.3 is 15.9 Å². The van der Waals surface area contributed by atoms with Crippen molar-refractivity contribution in [1.82, 2.24) is 10.3 Å². The van der Waals surface area contributed by atoms with Crippen LogP contribution < -0.4 is 21.5 Å². The van der Waals surface area contributed by atoms with Crippen molar-refractivity contribution in [1.29, 1.82) is 5.26 Å². The van der Waals surface area contributed by atoms with Gasteiger partial charge in [-0.05, 0) is 30.7 Å². The SMILES string of the molecule is CC(C)[n+]1cc(NC(=O)c2sc3nc(N)c(C#N)c(-c4ccco4)c3c2N)on1. The first-order chi connectivity index (χ1) is 13.9. The highest BCUT2D eigenvalue weighted by atomic mass is 32.1. The molecule has 0 spiro atoms. The van der Waals surface area contributed by atoms with E-state index in [1.165, 1.54) is 6.26 Å². The number of carbonyl (C=O) groups is 1. The van der Waals surface area contributed by atoms with Crippen molar-refractivity contribution < 1.29 is 18.4 Å². The number of rotatable bonds is 4. The highest BCUT2D eigenvalue weighted by molar-refractivity contribution is 7.21. The van der Waals surface area contributed by atoms with E-state index < -0.39 is 5.91 Å². The van der Waals surface area contributed by atoms with E-state index in [0.29, 0.717) is 21.5 Å². The molecule has 4 aromatic rings. The second-order valence-electron chi connectivity index (χ2n) is 6.46. The summed E-state index contributed by atoms with van der Waals surface area (Å²) in [6.45, 7) is 3.86. The highest BCUT2D eigenvalue weighted by Gasteiger charge is 2.26. The lowest BCUT2D eigenvalue weighted by Crippen LogP contribution is -2.36. The van der Waals surface area contributed by atoms with Gasteiger partial charge in [-0.2, -0.15) is 5.26 Å². The van der Waals surface area contributed by atoms with Gasteiger partial charge in [0.1, 0.15) is 32.9 Å². The summed E-state index contributed by atoms with van der Waals surface area (Å²) in [5, 5.41) is 16.5. The quantitative estimate of drug-likeness (QED) is 0.433. The smallest absolute Gasteiger partial charge is 0.302 e. The van der Waals surface area contributed by atoms with Crippen molar-refractivity contribution in [2.75, 3.05) is 16.8 Å². The number of amides is 1. The van der Waals surface area contributed by atoms with Gasteiger partial charge in [0, 0.05) is 5.39 Å². The van der Waals surface area contributed by atoms with E-state index in [2.05, 4.69) is 15.6 Å². The van der Waals surface area contributed by atoms with Crippen molar-refractivity contribution >= 4 is 44.9 Å². The zero-order valence-electron chi connectivity index (χ0n) is 15.5. The number of carbonyl (C=O) groups excluding carboxylic acids is 1. The fourth-order valence-corrected chi connectivity index (χ4v) is 3.85. The Morgan fingerprint density at radius 3 is 2.83 bits per heavy atom. The number of nitrogens with two attached hydrogens (primary N) is 2. The van der Waals surface area contributed by atoms with Gasteiger partial charge in [-0.25, -0.2) is 4.98 Å². The number of pyridine rings is 1. The maximum atomic E-state index is 12.8. The fraction of sp³-hybridized carbons (Fsp3) is 0.167. The molecule has 0 aliphatic carbocycles. The lowest BCUT2D eigenvalue weighted by Gasteiger charge is -2.06. The average Bonchev–Trinajstić information content (AvgIpc) is 3.41. The summed E-state index contributed by atoms with van der Waals surface area (Å²) in [5.74, 6) is 0.134. The molecule has 4 aromatic heterocycles. The first-order valence-electron chi connectivity index (χ1n) is 8.55. The Kier molecular flexibility index (Phi) is 4.40. The molecule has 1 amide bonds. The zero-order valence-corrected chi connectivity index (χ0v) is 16.3. The Hall–Kier alpha value is -3.91. The fourth-order valence-electron chi connectivity index (χ4n) is 2.84. The molecular weight excluding hydrogens is 394 g/mol. The number of nitrogens with zero attached hydrogens (tertiary/aromatic N) is 4. The van der Waals surface area contributed by atoms with Crippen LogP contribution in [0.4, 0.5) is 17.4 Å². The van der Waals surface area contributed by atoms with Crippen molar-refractivity contribution in [3.8, 4) is 17.4 Å². The van der Waals surface area contributed by atoms with Crippen LogP contribution in [0.1, 0.15) is 35.1 Å². The van der Waals surface area contributed by atoms with Crippen LogP contribution in [0.5, 0.6) is 0 Å². The monoisotopic (exact) mass is 410 g/mol. The van der Waals surface area contributed by atoms with Crippen molar-refractivity contribution in [2.45, 2.75) is 19.9 Å². The topological polar surface area (TPSA) is 161 Å². The van der Waals surface area contributed by atoms with Crippen molar-refractivity contribution in [3.05, 3.63) is 35.0 Å². The maximum absolute atomic E-state index is 12.8. The van der Waals surface area contributed by atoms with Gasteiger partial charge in [0.25, 0.3) is 12.1 Å². The molecule has 0 unspecified atom stereocenters. The van der Waals surface area contributed by atoms with E-state index in [9.17, 15) is 10.1 Å². The van der Waals surface area contributed by atoms with Gasteiger partial charge in [0.15, 0.2) is 6.04 Å². The molecule has 0 atom stereocenters. The van der Waals surface area contributed by atoms with Gasteiger partial charge in [0.05, 0.1) is 17.5 Å². The number of hydrogen-bond donors (Lipinski definition) is 3. The third-order valence-electron chi connectivity index (χ3n) is 4.24. The number of thiophene rings is 1. The van der Waals surface area contributed by atoms with Crippen LogP contribution in [0.15, 0.2) is 33.5 Å². The molecular formula is C18H16N7O3S+. The predicted molar refractivity (Wildman–Crippen MR) is 106 cm³/mol. The summed E-state index contributed by atoms with van der Waals surface area (Å²) >= 11 is 1.06. The van der Waals surface area contributed by atoms with Crippen LogP contribution in [0.25, 0.3) is 21.5 Å². The molecule has 4 heterocycles. The summed E-state index contributed by atoms with van der Waals surface area (Å²) in [7, 11) is 0. The molecule has 0 saturated heterocycles. The molecule has 29 heavy (non-hydrogen) atoms. The maximum Gasteiger partial charge on any atom is 0.302 e. The molecule has 0 aliphatic rings. The Morgan fingerprint density at radius 2 is 2.21 bits per heavy atom. The molecule has 146 valence electrons. The molecule has 4 rings (SSSR count). The van der Waals surface area contributed by atoms with Crippen LogP contribution in [-0.4, -0.2) is 16.2 Å². The molecule has 0 bridgehead atoms. The number of anilines is 3. The Balaban J connectivity index is 1.82. The molecule has 0 aliphatic heterocycles. The molecule has 10 nitrogen and oxygen atoms in total. The van der Waals surface area contributed by atoms with E-state index in [4.69, 9.17) is 20.4 Å². The number of nitriles is 1. The van der Waals surface area contributed by atoms with Gasteiger partial charge >= 0.3 is 5.88 Å². The predicted octanol–water partition coefficient (Wildman–Crippen LogP) is 2.70. The van der Waals surface area contributed by atoms with E-state index in [0.717, 1.165) is 11.3 Å². The average molecular weight is 410 g/mol. The molecule has 5 N–H and O–H groups in total. The van der Waals surface area contributed by atoms with Crippen LogP contribution in [0.3, 0.4) is 0 Å². The second kappa shape index (κ2) is 6.92. The number of nitrogens with one attached hydrogen (secondary N) is 1. The molecule has 11 heteroatoms. The summed E-state index contributed by atoms with van der Waals surface area (Å²) < 4.78 is 12.1. The Labute approximate surface area is 168 Å². The van der Waals surface area contributed by atoms with Crippen molar-refractivity contribution in [2.24, 2.45) is 0 Å². The van der Waals surface area contributed by atoms with Gasteiger partial charge in [-0.3, -0.25) is 14.6 Å². The number of hydrogen-bond acceptors (Lipinski definition) is 9. The number of furan rings is 1. The number of fused-ring (bicyclic) bond motifs is 1. The van der Waals surface area contributed by atoms with E-state index >= 15 is 0 Å². The minimum absolute atomic E-state index is 0.0350. The lowest BCUT2D eigenvalue weighted by molar-refractivity contribution is -0.779. The zero-order chi connectivity index (χ0) is 20.7.